The quantitative estimate of drug-likeness (QED) is 0.0542. The van der Waals surface area contributed by atoms with Crippen molar-refractivity contribution in [2.45, 2.75) is 217 Å². The van der Waals surface area contributed by atoms with Gasteiger partial charge in [0, 0.05) is 5.41 Å². The smallest absolute Gasteiger partial charge is 0.317 e. The Balaban J connectivity index is 0.974. The Morgan fingerprint density at radius 1 is 0.671 bits per heavy atom. The second-order valence-electron chi connectivity index (χ2n) is 24.5. The molecule has 8 aliphatic rings. The minimum Gasteiger partial charge on any atom is -0.469 e. The Hall–Kier alpha value is -2.45. The molecule has 10 N–H and O–H groups in total. The van der Waals surface area contributed by atoms with Crippen LogP contribution in [0.2, 0.25) is 0 Å². The van der Waals surface area contributed by atoms with Gasteiger partial charge in [-0.05, 0) is 111 Å². The molecule has 8 rings (SSSR count). The number of hydrogen-bond donors (Lipinski definition) is 10. The van der Waals surface area contributed by atoms with Crippen molar-refractivity contribution in [1.29, 1.82) is 0 Å². The average molecular weight is 1040 g/mol. The molecule has 21 heteroatoms. The minimum absolute atomic E-state index is 0.00845. The van der Waals surface area contributed by atoms with Gasteiger partial charge in [-0.15, -0.1) is 0 Å². The lowest BCUT2D eigenvalue weighted by molar-refractivity contribution is -0.361. The lowest BCUT2D eigenvalue weighted by atomic mass is 9.33. The van der Waals surface area contributed by atoms with Crippen molar-refractivity contribution in [3.8, 4) is 0 Å². The molecule has 3 heterocycles. The van der Waals surface area contributed by atoms with E-state index in [4.69, 9.17) is 37.9 Å². The highest BCUT2D eigenvalue weighted by molar-refractivity contribution is 5.91. The summed E-state index contributed by atoms with van der Waals surface area (Å²) in [6.07, 6.45) is -16.6. The molecule has 5 aliphatic carbocycles. The molecule has 0 spiro atoms. The van der Waals surface area contributed by atoms with Crippen LogP contribution in [0.1, 0.15) is 119 Å². The summed E-state index contributed by atoms with van der Waals surface area (Å²) in [6, 6.07) is 0. The lowest BCUT2D eigenvalue weighted by Crippen LogP contribution is -2.66. The first kappa shape index (κ1) is 56.7. The highest BCUT2D eigenvalue weighted by Gasteiger charge is 2.70. The molecule has 73 heavy (non-hydrogen) atoms. The van der Waals surface area contributed by atoms with E-state index in [2.05, 4.69) is 40.7 Å². The normalized spacial score (nSPS) is 50.4. The first-order valence-corrected chi connectivity index (χ1v) is 26.2. The molecule has 3 saturated heterocycles. The predicted octanol–water partition coefficient (Wildman–Crippen LogP) is 0.255. The number of esters is 3. The molecule has 21 nitrogen and oxygen atoms in total. The molecule has 0 bridgehead atoms. The molecule has 0 aromatic rings. The maximum Gasteiger partial charge on any atom is 0.317 e. The molecule has 0 aromatic carbocycles. The van der Waals surface area contributed by atoms with Crippen LogP contribution < -0.4 is 0 Å². The summed E-state index contributed by atoms with van der Waals surface area (Å²) in [5.74, 6) is -2.00. The highest BCUT2D eigenvalue weighted by atomic mass is 16.8. The molecule has 7 fully saturated rings. The predicted molar refractivity (Wildman–Crippen MR) is 251 cm³/mol. The van der Waals surface area contributed by atoms with Gasteiger partial charge in [0.1, 0.15) is 79.7 Å². The summed E-state index contributed by atoms with van der Waals surface area (Å²) in [5, 5.41) is 108. The van der Waals surface area contributed by atoms with Gasteiger partial charge >= 0.3 is 17.9 Å². The number of carbonyl (C=O) groups is 3. The summed E-state index contributed by atoms with van der Waals surface area (Å²) in [6.45, 7) is 13.3. The van der Waals surface area contributed by atoms with Crippen molar-refractivity contribution in [2.75, 3.05) is 26.9 Å². The van der Waals surface area contributed by atoms with E-state index in [-0.39, 0.29) is 46.0 Å². The van der Waals surface area contributed by atoms with E-state index in [9.17, 15) is 60.7 Å². The van der Waals surface area contributed by atoms with Gasteiger partial charge in [0.2, 0.25) is 6.29 Å². The van der Waals surface area contributed by atoms with E-state index in [0.717, 1.165) is 25.7 Å². The summed E-state index contributed by atoms with van der Waals surface area (Å²) >= 11 is 0. The van der Waals surface area contributed by atoms with Gasteiger partial charge in [0.25, 0.3) is 0 Å². The molecule has 0 amide bonds. The molecular formula is C52H82O21. The van der Waals surface area contributed by atoms with Crippen molar-refractivity contribution in [3.63, 3.8) is 0 Å². The fourth-order valence-corrected chi connectivity index (χ4v) is 15.4. The van der Waals surface area contributed by atoms with Crippen LogP contribution in [0, 0.1) is 50.2 Å². The molecule has 0 radical (unpaired) electrons. The van der Waals surface area contributed by atoms with Crippen molar-refractivity contribution >= 4 is 17.9 Å². The largest absolute Gasteiger partial charge is 0.469 e. The molecular weight excluding hydrogens is 961 g/mol. The fourth-order valence-electron chi connectivity index (χ4n) is 15.4. The number of rotatable bonds is 12. The average Bonchev–Trinajstić information content (AvgIpc) is 3.34. The third-order valence-electron chi connectivity index (χ3n) is 20.2. The number of hydrogen-bond acceptors (Lipinski definition) is 21. The van der Waals surface area contributed by atoms with E-state index >= 15 is 4.79 Å². The Morgan fingerprint density at radius 3 is 1.99 bits per heavy atom. The van der Waals surface area contributed by atoms with Gasteiger partial charge in [-0.1, -0.05) is 53.2 Å². The van der Waals surface area contributed by atoms with Crippen LogP contribution >= 0.6 is 0 Å². The van der Waals surface area contributed by atoms with Crippen molar-refractivity contribution in [1.82, 2.24) is 0 Å². The summed E-state index contributed by atoms with van der Waals surface area (Å²) in [4.78, 5) is 39.9. The van der Waals surface area contributed by atoms with Crippen LogP contribution in [-0.4, -0.2) is 194 Å². The molecule has 416 valence electrons. The zero-order valence-corrected chi connectivity index (χ0v) is 43.4. The Morgan fingerprint density at radius 2 is 1.32 bits per heavy atom. The maximum absolute atomic E-state index is 15.1. The minimum atomic E-state index is -1.87. The number of fused-ring (bicyclic) bond motifs is 7. The maximum atomic E-state index is 15.1. The van der Waals surface area contributed by atoms with E-state index < -0.39 is 147 Å². The Kier molecular flexibility index (Phi) is 16.1. The summed E-state index contributed by atoms with van der Waals surface area (Å²) in [7, 11) is 1.22. The fraction of sp³-hybridized carbons (Fsp3) is 0.904. The van der Waals surface area contributed by atoms with Crippen LogP contribution in [0.4, 0.5) is 0 Å². The number of aliphatic hydroxyl groups is 10. The zero-order chi connectivity index (χ0) is 53.5. The third-order valence-corrected chi connectivity index (χ3v) is 20.2. The van der Waals surface area contributed by atoms with Crippen LogP contribution in [0.15, 0.2) is 11.6 Å². The van der Waals surface area contributed by atoms with E-state index in [1.54, 1.807) is 0 Å². The Bertz CT molecular complexity index is 2050. The highest BCUT2D eigenvalue weighted by Crippen LogP contribution is 2.76. The molecule has 3 aliphatic heterocycles. The first-order chi connectivity index (χ1) is 34.2. The number of methoxy groups -OCH3 is 1. The van der Waals surface area contributed by atoms with Crippen molar-refractivity contribution < 1.29 is 103 Å². The van der Waals surface area contributed by atoms with Crippen LogP contribution in [-0.2, 0) is 52.3 Å². The second-order valence-corrected chi connectivity index (χ2v) is 24.5. The zero-order valence-electron chi connectivity index (χ0n) is 43.4. The number of allylic oxidation sites excluding steroid dienone is 2. The standard InChI is InChI=1S/C52H82O21/c1-24-34(57)36(59)39(62)44(68-24)72-42-27(21-53)69-43(41(64)38(42)61)67-22-28-35(58)37(60)40(63)45(70-28)73-46(65)52-17-15-47(2,3)20-26(52)25-9-10-30-48(4)13-12-31(71-33(56)19-32(55)66-8)49(5,23-54)29(48)11-14-51(30,7)50(25,6)16-18-52/h9,24,26-31,34-45,53-54,57-64H,10-23H2,1-8H3/t24-,26?,27-,28-,29?,30?,31+,34+,35-,36-,37+,38-,39-,40-,41-,42-,43-,44+,45+,48+,49+,50-,51-,52+/m1/s1. The van der Waals surface area contributed by atoms with Crippen molar-refractivity contribution in [2.24, 2.45) is 50.2 Å². The van der Waals surface area contributed by atoms with Crippen LogP contribution in [0.25, 0.3) is 0 Å². The summed E-state index contributed by atoms with van der Waals surface area (Å²) in [5.41, 5.74) is -1.52. The SMILES string of the molecule is COC(=O)CC(=O)O[C@H]1CC[C@@]2(C)C(CC[C@]3(C)C2CC=C2C4CC(C)(C)CC[C@]4(C(=O)O[C@@H]4O[C@H](CO[C@@H]5O[C@H](CO)[C@@H](O[C@@H]6O[C@H](C)[C@H](O)[C@@H](O)[C@H]6O)[C@H](O)[C@H]5O)[C@@H](O)[C@H](O)[C@H]4O)CC[C@]23C)[C@]1(C)CO. The van der Waals surface area contributed by atoms with E-state index in [1.807, 2.05) is 6.92 Å². The first-order valence-electron chi connectivity index (χ1n) is 26.2. The van der Waals surface area contributed by atoms with Gasteiger partial charge in [-0.25, -0.2) is 0 Å². The van der Waals surface area contributed by atoms with E-state index in [0.29, 0.717) is 38.5 Å². The third kappa shape index (κ3) is 9.52. The Labute approximate surface area is 426 Å². The van der Waals surface area contributed by atoms with Gasteiger partial charge in [-0.2, -0.15) is 0 Å². The monoisotopic (exact) mass is 1040 g/mol. The van der Waals surface area contributed by atoms with E-state index in [1.165, 1.54) is 19.6 Å². The molecule has 3 unspecified atom stereocenters. The van der Waals surface area contributed by atoms with Gasteiger partial charge in [0.15, 0.2) is 12.6 Å². The van der Waals surface area contributed by atoms with Gasteiger partial charge < -0.3 is 89.0 Å². The van der Waals surface area contributed by atoms with Gasteiger partial charge in [0.05, 0.1) is 38.4 Å². The topological polar surface area (TPSA) is 327 Å². The number of aliphatic hydroxyl groups excluding tert-OH is 10. The van der Waals surface area contributed by atoms with Crippen molar-refractivity contribution in [3.05, 3.63) is 11.6 Å². The number of carbonyl (C=O) groups excluding carboxylic acids is 3. The molecule has 0 aromatic heterocycles. The summed E-state index contributed by atoms with van der Waals surface area (Å²) < 4.78 is 45.4. The second kappa shape index (κ2) is 20.7. The number of ether oxygens (including phenoxy) is 8. The van der Waals surface area contributed by atoms with Gasteiger partial charge in [-0.3, -0.25) is 14.4 Å². The van der Waals surface area contributed by atoms with Crippen LogP contribution in [0.5, 0.6) is 0 Å². The lowest BCUT2D eigenvalue weighted by Gasteiger charge is -2.71. The molecule has 24 atom stereocenters. The van der Waals surface area contributed by atoms with Crippen LogP contribution in [0.3, 0.4) is 0 Å². The molecule has 4 saturated carbocycles.